The molecule has 0 bridgehead atoms. The van der Waals surface area contributed by atoms with E-state index in [0.29, 0.717) is 0 Å². The molecule has 0 radical (unpaired) electrons. The molecule has 5 nitrogen and oxygen atoms in total. The molecular weight excluding hydrogens is 386 g/mol. The quantitative estimate of drug-likeness (QED) is 0.557. The Labute approximate surface area is 150 Å². The van der Waals surface area contributed by atoms with Gasteiger partial charge in [0.05, 0.1) is 17.1 Å². The summed E-state index contributed by atoms with van der Waals surface area (Å²) in [6, 6.07) is 9.95. The van der Waals surface area contributed by atoms with Gasteiger partial charge in [-0.1, -0.05) is 28.1 Å². The fourth-order valence-electron chi connectivity index (χ4n) is 2.43. The molecule has 0 aliphatic rings. The molecule has 0 unspecified atom stereocenters. The average molecular weight is 398 g/mol. The first kappa shape index (κ1) is 15.0. The number of fused-ring (bicyclic) bond motifs is 1. The molecule has 0 spiro atoms. The van der Waals surface area contributed by atoms with Crippen LogP contribution in [0.3, 0.4) is 0 Å². The van der Waals surface area contributed by atoms with Crippen LogP contribution in [0.25, 0.3) is 28.4 Å². The summed E-state index contributed by atoms with van der Waals surface area (Å²) in [6.45, 7) is 0. The van der Waals surface area contributed by atoms with Crippen LogP contribution < -0.4 is 5.73 Å². The van der Waals surface area contributed by atoms with Crippen LogP contribution in [0.1, 0.15) is 11.4 Å². The Bertz CT molecular complexity index is 1030. The van der Waals surface area contributed by atoms with E-state index in [4.69, 9.17) is 10.7 Å². The molecule has 0 aliphatic carbocycles. The molecule has 3 heterocycles. The summed E-state index contributed by atoms with van der Waals surface area (Å²) in [5.74, 6) is 0.263. The van der Waals surface area contributed by atoms with Gasteiger partial charge in [0.15, 0.2) is 4.96 Å². The van der Waals surface area contributed by atoms with Crippen LogP contribution in [0.15, 0.2) is 52.6 Å². The third-order valence-corrected chi connectivity index (χ3v) is 4.81. The molecule has 0 aliphatic heterocycles. The Morgan fingerprint density at radius 3 is 2.71 bits per heavy atom. The lowest BCUT2D eigenvalue weighted by Crippen LogP contribution is -1.94. The van der Waals surface area contributed by atoms with Crippen LogP contribution in [0.5, 0.6) is 0 Å². The van der Waals surface area contributed by atoms with Crippen molar-refractivity contribution >= 4 is 50.3 Å². The van der Waals surface area contributed by atoms with E-state index in [1.165, 1.54) is 0 Å². The van der Waals surface area contributed by atoms with Gasteiger partial charge in [-0.2, -0.15) is 0 Å². The van der Waals surface area contributed by atoms with Gasteiger partial charge < -0.3 is 5.73 Å². The van der Waals surface area contributed by atoms with Crippen molar-refractivity contribution in [3.05, 3.63) is 64.0 Å². The van der Waals surface area contributed by atoms with Crippen molar-refractivity contribution in [1.29, 1.82) is 0 Å². The Balaban J connectivity index is 1.82. The monoisotopic (exact) mass is 397 g/mol. The van der Waals surface area contributed by atoms with Gasteiger partial charge in [0.25, 0.3) is 0 Å². The molecule has 1 aromatic carbocycles. The first-order valence-corrected chi connectivity index (χ1v) is 8.86. The summed E-state index contributed by atoms with van der Waals surface area (Å²) in [5, 5.41) is 2.02. The Kier molecular flexibility index (Phi) is 3.87. The molecule has 24 heavy (non-hydrogen) atoms. The van der Waals surface area contributed by atoms with Crippen molar-refractivity contribution in [1.82, 2.24) is 19.4 Å². The standard InChI is InChI=1S/C17H12BrN5S/c18-12-3-1-11(2-4-12)15-14(23-9-10-24-17(23)22-15)6-5-13-7-8-20-16(19)21-13/h1-10H,(H2,19,20,21). The van der Waals surface area contributed by atoms with E-state index < -0.39 is 0 Å². The summed E-state index contributed by atoms with van der Waals surface area (Å²) in [6.07, 6.45) is 7.59. The smallest absolute Gasteiger partial charge is 0.220 e. The van der Waals surface area contributed by atoms with Crippen LogP contribution in [-0.4, -0.2) is 19.4 Å². The minimum absolute atomic E-state index is 0.263. The molecular formula is C17H12BrN5S. The van der Waals surface area contributed by atoms with E-state index in [-0.39, 0.29) is 5.95 Å². The average Bonchev–Trinajstić information content (AvgIpc) is 3.15. The zero-order valence-electron chi connectivity index (χ0n) is 12.4. The van der Waals surface area contributed by atoms with E-state index in [9.17, 15) is 0 Å². The van der Waals surface area contributed by atoms with Gasteiger partial charge in [0, 0.05) is 27.8 Å². The molecule has 7 heteroatoms. The topological polar surface area (TPSA) is 69.1 Å². The molecule has 0 fully saturated rings. The SMILES string of the molecule is Nc1nccc(C=Cc2c(-c3ccc(Br)cc3)nc3sccn23)n1. The van der Waals surface area contributed by atoms with Crippen LogP contribution >= 0.6 is 27.3 Å². The molecule has 2 N–H and O–H groups in total. The van der Waals surface area contributed by atoms with E-state index >= 15 is 0 Å². The third kappa shape index (κ3) is 2.83. The van der Waals surface area contributed by atoms with Crippen LogP contribution in [-0.2, 0) is 0 Å². The van der Waals surface area contributed by atoms with E-state index in [0.717, 1.165) is 32.1 Å². The van der Waals surface area contributed by atoms with Crippen molar-refractivity contribution in [2.75, 3.05) is 5.73 Å². The van der Waals surface area contributed by atoms with Gasteiger partial charge in [-0.3, -0.25) is 4.40 Å². The van der Waals surface area contributed by atoms with Crippen molar-refractivity contribution in [2.24, 2.45) is 0 Å². The summed E-state index contributed by atoms with van der Waals surface area (Å²) in [7, 11) is 0. The van der Waals surface area contributed by atoms with E-state index in [1.54, 1.807) is 17.5 Å². The highest BCUT2D eigenvalue weighted by atomic mass is 79.9. The first-order chi connectivity index (χ1) is 11.7. The van der Waals surface area contributed by atoms with Crippen LogP contribution in [0, 0.1) is 0 Å². The second-order valence-electron chi connectivity index (χ2n) is 5.08. The summed E-state index contributed by atoms with van der Waals surface area (Å²) in [5.41, 5.74) is 9.41. The lowest BCUT2D eigenvalue weighted by atomic mass is 10.1. The minimum Gasteiger partial charge on any atom is -0.368 e. The maximum absolute atomic E-state index is 5.64. The zero-order chi connectivity index (χ0) is 16.5. The minimum atomic E-state index is 0.263. The highest BCUT2D eigenvalue weighted by Gasteiger charge is 2.12. The van der Waals surface area contributed by atoms with Gasteiger partial charge in [0.1, 0.15) is 0 Å². The van der Waals surface area contributed by atoms with Crippen molar-refractivity contribution < 1.29 is 0 Å². The molecule has 4 aromatic rings. The summed E-state index contributed by atoms with van der Waals surface area (Å²) < 4.78 is 3.11. The maximum atomic E-state index is 5.64. The predicted octanol–water partition coefficient (Wildman–Crippen LogP) is 4.37. The Hall–Kier alpha value is -2.51. The number of nitrogens with two attached hydrogens (primary N) is 1. The number of nitrogens with zero attached hydrogens (tertiary/aromatic N) is 4. The Morgan fingerprint density at radius 2 is 1.92 bits per heavy atom. The number of nitrogen functional groups attached to an aromatic ring is 1. The second kappa shape index (κ2) is 6.18. The normalized spacial score (nSPS) is 11.5. The number of hydrogen-bond acceptors (Lipinski definition) is 5. The molecule has 118 valence electrons. The number of benzene rings is 1. The Morgan fingerprint density at radius 1 is 1.08 bits per heavy atom. The lowest BCUT2D eigenvalue weighted by molar-refractivity contribution is 1.17. The fourth-order valence-corrected chi connectivity index (χ4v) is 3.41. The molecule has 0 atom stereocenters. The third-order valence-electron chi connectivity index (χ3n) is 3.52. The highest BCUT2D eigenvalue weighted by Crippen LogP contribution is 2.29. The first-order valence-electron chi connectivity index (χ1n) is 7.19. The predicted molar refractivity (Wildman–Crippen MR) is 102 cm³/mol. The number of imidazole rings is 1. The van der Waals surface area contributed by atoms with Crippen LogP contribution in [0.4, 0.5) is 5.95 Å². The summed E-state index contributed by atoms with van der Waals surface area (Å²) in [4.78, 5) is 13.8. The molecule has 0 saturated heterocycles. The molecule has 0 saturated carbocycles. The second-order valence-corrected chi connectivity index (χ2v) is 6.87. The largest absolute Gasteiger partial charge is 0.368 e. The number of halogens is 1. The number of hydrogen-bond donors (Lipinski definition) is 1. The molecule has 3 aromatic heterocycles. The summed E-state index contributed by atoms with van der Waals surface area (Å²) >= 11 is 5.08. The van der Waals surface area contributed by atoms with Gasteiger partial charge in [-0.25, -0.2) is 15.0 Å². The number of anilines is 1. The molecule has 4 rings (SSSR count). The van der Waals surface area contributed by atoms with Crippen molar-refractivity contribution in [2.45, 2.75) is 0 Å². The number of thiazole rings is 1. The number of rotatable bonds is 3. The van der Waals surface area contributed by atoms with Gasteiger partial charge >= 0.3 is 0 Å². The zero-order valence-corrected chi connectivity index (χ0v) is 14.8. The van der Waals surface area contributed by atoms with Gasteiger partial charge in [-0.05, 0) is 30.4 Å². The maximum Gasteiger partial charge on any atom is 0.220 e. The number of aromatic nitrogens is 4. The van der Waals surface area contributed by atoms with Gasteiger partial charge in [0.2, 0.25) is 5.95 Å². The highest BCUT2D eigenvalue weighted by molar-refractivity contribution is 9.10. The van der Waals surface area contributed by atoms with Gasteiger partial charge in [-0.15, -0.1) is 11.3 Å². The van der Waals surface area contributed by atoms with Crippen molar-refractivity contribution in [3.63, 3.8) is 0 Å². The van der Waals surface area contributed by atoms with Crippen LogP contribution in [0.2, 0.25) is 0 Å². The van der Waals surface area contributed by atoms with Crippen molar-refractivity contribution in [3.8, 4) is 11.3 Å². The molecule has 0 amide bonds. The van der Waals surface area contributed by atoms with E-state index in [2.05, 4.69) is 42.4 Å². The van der Waals surface area contributed by atoms with E-state index in [1.807, 2.05) is 41.9 Å². The fraction of sp³-hybridized carbons (Fsp3) is 0. The lowest BCUT2D eigenvalue weighted by Gasteiger charge is -2.01.